The summed E-state index contributed by atoms with van der Waals surface area (Å²) in [6.07, 6.45) is 2.56. The zero-order valence-electron chi connectivity index (χ0n) is 17.8. The van der Waals surface area contributed by atoms with Gasteiger partial charge < -0.3 is 9.72 Å². The number of carbonyl (C=O) groups excluding carboxylic acids is 1. The summed E-state index contributed by atoms with van der Waals surface area (Å²) in [6, 6.07) is 13.6. The minimum Gasteiger partial charge on any atom is -0.469 e. The predicted molar refractivity (Wildman–Crippen MR) is 121 cm³/mol. The van der Waals surface area contributed by atoms with Crippen molar-refractivity contribution in [2.75, 3.05) is 13.7 Å². The van der Waals surface area contributed by atoms with Crippen molar-refractivity contribution in [1.82, 2.24) is 14.8 Å². The Morgan fingerprint density at radius 2 is 1.91 bits per heavy atom. The average Bonchev–Trinajstić information content (AvgIpc) is 3.35. The molecule has 0 fully saturated rings. The molecule has 0 atom stereocenters. The minimum atomic E-state index is -0.481. The number of ether oxygens (including phenoxy) is 1. The van der Waals surface area contributed by atoms with Gasteiger partial charge in [-0.1, -0.05) is 18.2 Å². The van der Waals surface area contributed by atoms with Crippen LogP contribution in [0.15, 0.2) is 64.5 Å². The normalized spacial score (nSPS) is 11.8. The summed E-state index contributed by atoms with van der Waals surface area (Å²) in [5.74, 6) is -0.885. The highest BCUT2D eigenvalue weighted by atomic mass is 19.1. The number of methoxy groups -OCH3 is 1. The molecule has 4 rings (SSSR count). The number of aromatic amines is 2. The van der Waals surface area contributed by atoms with Gasteiger partial charge in [0.25, 0.3) is 5.56 Å². The maximum atomic E-state index is 13.3. The van der Waals surface area contributed by atoms with Crippen LogP contribution in [0.4, 0.5) is 4.39 Å². The van der Waals surface area contributed by atoms with E-state index in [1.807, 2.05) is 24.4 Å². The maximum Gasteiger partial charge on any atom is 0.311 e. The quantitative estimate of drug-likeness (QED) is 0.344. The SMILES string of the molecule is COC(=O)Cc1[nH]n(-c2ccc(F)cc2)c(=O)c1C(C)=NCCc1c[nH]c2ccccc12. The molecule has 0 aliphatic carbocycles. The summed E-state index contributed by atoms with van der Waals surface area (Å²) in [5.41, 5.74) is 3.55. The molecular formula is C24H23FN4O3. The number of para-hydroxylation sites is 1. The molecule has 8 heteroatoms. The van der Waals surface area contributed by atoms with E-state index >= 15 is 0 Å². The van der Waals surface area contributed by atoms with Crippen molar-refractivity contribution >= 4 is 22.6 Å². The molecule has 0 amide bonds. The molecule has 2 aromatic carbocycles. The lowest BCUT2D eigenvalue weighted by Crippen LogP contribution is -2.20. The Morgan fingerprint density at radius 1 is 1.16 bits per heavy atom. The van der Waals surface area contributed by atoms with Crippen LogP contribution in [0.25, 0.3) is 16.6 Å². The third-order valence-corrected chi connectivity index (χ3v) is 5.37. The lowest BCUT2D eigenvalue weighted by atomic mass is 10.1. The number of H-pyrrole nitrogens is 2. The van der Waals surface area contributed by atoms with Crippen LogP contribution in [-0.2, 0) is 22.4 Å². The van der Waals surface area contributed by atoms with Gasteiger partial charge in [0.15, 0.2) is 0 Å². The van der Waals surface area contributed by atoms with E-state index in [0.717, 1.165) is 16.5 Å². The number of benzene rings is 2. The molecule has 164 valence electrons. The first-order chi connectivity index (χ1) is 15.5. The number of nitrogens with zero attached hydrogens (tertiary/aromatic N) is 2. The molecule has 0 aliphatic heterocycles. The zero-order chi connectivity index (χ0) is 22.7. The lowest BCUT2D eigenvalue weighted by molar-refractivity contribution is -0.139. The maximum absolute atomic E-state index is 13.3. The molecule has 2 aromatic heterocycles. The largest absolute Gasteiger partial charge is 0.469 e. The van der Waals surface area contributed by atoms with E-state index < -0.39 is 11.8 Å². The van der Waals surface area contributed by atoms with Crippen molar-refractivity contribution < 1.29 is 13.9 Å². The van der Waals surface area contributed by atoms with Crippen molar-refractivity contribution in [3.8, 4) is 5.69 Å². The van der Waals surface area contributed by atoms with Gasteiger partial charge in [-0.15, -0.1) is 0 Å². The molecule has 0 radical (unpaired) electrons. The molecule has 7 nitrogen and oxygen atoms in total. The number of esters is 1. The smallest absolute Gasteiger partial charge is 0.311 e. The van der Waals surface area contributed by atoms with Gasteiger partial charge in [-0.05, 0) is 49.2 Å². The van der Waals surface area contributed by atoms with Crippen molar-refractivity contribution in [1.29, 1.82) is 0 Å². The van der Waals surface area contributed by atoms with E-state index in [1.165, 1.54) is 36.1 Å². The minimum absolute atomic E-state index is 0.107. The Labute approximate surface area is 183 Å². The Hall–Kier alpha value is -3.94. The predicted octanol–water partition coefficient (Wildman–Crippen LogP) is 3.55. The number of hydrogen-bond donors (Lipinski definition) is 2. The summed E-state index contributed by atoms with van der Waals surface area (Å²) in [4.78, 5) is 32.9. The highest BCUT2D eigenvalue weighted by Gasteiger charge is 2.20. The Balaban J connectivity index is 1.64. The molecule has 0 saturated heterocycles. The number of carbonyl (C=O) groups is 1. The van der Waals surface area contributed by atoms with Crippen LogP contribution in [0.1, 0.15) is 23.7 Å². The van der Waals surface area contributed by atoms with Gasteiger partial charge in [0, 0.05) is 29.4 Å². The zero-order valence-corrected chi connectivity index (χ0v) is 17.8. The molecule has 2 N–H and O–H groups in total. The van der Waals surface area contributed by atoms with Gasteiger partial charge in [-0.25, -0.2) is 9.07 Å². The Morgan fingerprint density at radius 3 is 2.66 bits per heavy atom. The highest BCUT2D eigenvalue weighted by molar-refractivity contribution is 6.00. The van der Waals surface area contributed by atoms with E-state index in [1.54, 1.807) is 6.92 Å². The summed E-state index contributed by atoms with van der Waals surface area (Å²) in [5, 5.41) is 4.10. The summed E-state index contributed by atoms with van der Waals surface area (Å²) in [7, 11) is 1.29. The fourth-order valence-electron chi connectivity index (χ4n) is 3.73. The second kappa shape index (κ2) is 9.05. The molecular weight excluding hydrogens is 411 g/mol. The number of rotatable bonds is 7. The fourth-order valence-corrected chi connectivity index (χ4v) is 3.73. The van der Waals surface area contributed by atoms with Gasteiger partial charge in [-0.3, -0.25) is 19.7 Å². The summed E-state index contributed by atoms with van der Waals surface area (Å²) >= 11 is 0. The van der Waals surface area contributed by atoms with Crippen LogP contribution >= 0.6 is 0 Å². The van der Waals surface area contributed by atoms with E-state index in [0.29, 0.717) is 35.6 Å². The topological polar surface area (TPSA) is 92.2 Å². The van der Waals surface area contributed by atoms with Crippen molar-refractivity contribution in [2.45, 2.75) is 19.8 Å². The van der Waals surface area contributed by atoms with Crippen LogP contribution < -0.4 is 5.56 Å². The van der Waals surface area contributed by atoms with Crippen LogP contribution in [-0.4, -0.2) is 40.1 Å². The monoisotopic (exact) mass is 434 g/mol. The van der Waals surface area contributed by atoms with E-state index in [2.05, 4.69) is 21.1 Å². The second-order valence-electron chi connectivity index (χ2n) is 7.41. The van der Waals surface area contributed by atoms with Crippen molar-refractivity contribution in [3.05, 3.63) is 87.7 Å². The van der Waals surface area contributed by atoms with Gasteiger partial charge in [0.05, 0.1) is 30.5 Å². The van der Waals surface area contributed by atoms with E-state index in [4.69, 9.17) is 4.74 Å². The van der Waals surface area contributed by atoms with Crippen LogP contribution in [0.3, 0.4) is 0 Å². The number of nitrogens with one attached hydrogen (secondary N) is 2. The molecule has 0 saturated carbocycles. The van der Waals surface area contributed by atoms with Gasteiger partial charge >= 0.3 is 5.97 Å². The van der Waals surface area contributed by atoms with Crippen LogP contribution in [0.2, 0.25) is 0 Å². The Bertz CT molecular complexity index is 1350. The molecule has 32 heavy (non-hydrogen) atoms. The van der Waals surface area contributed by atoms with Crippen LogP contribution in [0.5, 0.6) is 0 Å². The first-order valence-corrected chi connectivity index (χ1v) is 10.2. The molecule has 0 unspecified atom stereocenters. The molecule has 0 aliphatic rings. The molecule has 0 spiro atoms. The standard InChI is InChI=1S/C24H23FN4O3/c1-15(26-12-11-16-14-27-20-6-4-3-5-19(16)20)23-21(13-22(30)32-2)28-29(24(23)31)18-9-7-17(25)8-10-18/h3-10,14,27-28H,11-13H2,1-2H3. The third-order valence-electron chi connectivity index (χ3n) is 5.37. The Kier molecular flexibility index (Phi) is 6.02. The second-order valence-corrected chi connectivity index (χ2v) is 7.41. The first kappa shape index (κ1) is 21.3. The lowest BCUT2D eigenvalue weighted by Gasteiger charge is -2.02. The molecule has 4 aromatic rings. The van der Waals surface area contributed by atoms with Gasteiger partial charge in [-0.2, -0.15) is 0 Å². The van der Waals surface area contributed by atoms with Crippen molar-refractivity contribution in [3.63, 3.8) is 0 Å². The average molecular weight is 434 g/mol. The van der Waals surface area contributed by atoms with E-state index in [9.17, 15) is 14.0 Å². The number of aliphatic imine (C=N–C) groups is 1. The number of halogens is 1. The van der Waals surface area contributed by atoms with E-state index in [-0.39, 0.29) is 12.0 Å². The number of aromatic nitrogens is 3. The van der Waals surface area contributed by atoms with Gasteiger partial charge in [0.1, 0.15) is 5.82 Å². The first-order valence-electron chi connectivity index (χ1n) is 10.2. The molecule has 0 bridgehead atoms. The fraction of sp³-hybridized carbons (Fsp3) is 0.208. The number of hydrogen-bond acceptors (Lipinski definition) is 4. The third kappa shape index (κ3) is 4.25. The summed E-state index contributed by atoms with van der Waals surface area (Å²) < 4.78 is 19.4. The highest BCUT2D eigenvalue weighted by Crippen LogP contribution is 2.18. The van der Waals surface area contributed by atoms with Crippen LogP contribution in [0, 0.1) is 5.82 Å². The number of fused-ring (bicyclic) bond motifs is 1. The van der Waals surface area contributed by atoms with Gasteiger partial charge in [0.2, 0.25) is 0 Å². The molecule has 2 heterocycles. The van der Waals surface area contributed by atoms with Crippen molar-refractivity contribution in [2.24, 2.45) is 4.99 Å². The summed E-state index contributed by atoms with van der Waals surface area (Å²) in [6.45, 7) is 2.22.